The van der Waals surface area contributed by atoms with Gasteiger partial charge in [0.2, 0.25) is 5.91 Å². The van der Waals surface area contributed by atoms with Crippen LogP contribution in [-0.2, 0) is 9.53 Å². The average molecular weight is 347 g/mol. The van der Waals surface area contributed by atoms with Crippen LogP contribution < -0.4 is 5.32 Å². The minimum Gasteiger partial charge on any atom is -0.371 e. The molecule has 1 aromatic carbocycles. The van der Waals surface area contributed by atoms with E-state index in [4.69, 9.17) is 9.26 Å². The number of nitrogens with one attached hydrogen (secondary N) is 1. The van der Waals surface area contributed by atoms with Crippen molar-refractivity contribution in [3.63, 3.8) is 0 Å². The fraction of sp³-hybridized carbons (Fsp3) is 0.444. The van der Waals surface area contributed by atoms with Crippen LogP contribution in [0.25, 0.3) is 0 Å². The van der Waals surface area contributed by atoms with E-state index in [1.54, 1.807) is 25.1 Å². The second-order valence-electron chi connectivity index (χ2n) is 6.14. The number of aromatic nitrogens is 1. The van der Waals surface area contributed by atoms with Crippen LogP contribution in [0.5, 0.6) is 0 Å². The molecule has 2 heterocycles. The first-order valence-corrected chi connectivity index (χ1v) is 8.42. The molecular weight excluding hydrogens is 325 g/mol. The Labute approximate surface area is 145 Å². The quantitative estimate of drug-likeness (QED) is 0.901. The van der Waals surface area contributed by atoms with Gasteiger partial charge in [-0.2, -0.15) is 0 Å². The normalized spacial score (nSPS) is 19.6. The molecule has 1 aromatic heterocycles. The minimum atomic E-state index is -0.288. The van der Waals surface area contributed by atoms with Crippen LogP contribution >= 0.6 is 0 Å². The fourth-order valence-electron chi connectivity index (χ4n) is 3.08. The lowest BCUT2D eigenvalue weighted by atomic mass is 10.1. The predicted molar refractivity (Wildman–Crippen MR) is 90.6 cm³/mol. The number of anilines is 1. The summed E-state index contributed by atoms with van der Waals surface area (Å²) in [5.74, 6) is 0.677. The van der Waals surface area contributed by atoms with Crippen molar-refractivity contribution in [3.8, 4) is 0 Å². The summed E-state index contributed by atoms with van der Waals surface area (Å²) in [6, 6.07) is 7.70. The van der Waals surface area contributed by atoms with Crippen molar-refractivity contribution in [2.24, 2.45) is 0 Å². The van der Waals surface area contributed by atoms with Gasteiger partial charge in [0, 0.05) is 19.2 Å². The number of rotatable bonds is 5. The second kappa shape index (κ2) is 7.76. The van der Waals surface area contributed by atoms with E-state index in [9.17, 15) is 9.18 Å². The lowest BCUT2D eigenvalue weighted by Gasteiger charge is -2.37. The van der Waals surface area contributed by atoms with E-state index in [2.05, 4.69) is 15.4 Å². The van der Waals surface area contributed by atoms with Crippen LogP contribution in [0, 0.1) is 12.7 Å². The van der Waals surface area contributed by atoms with Crippen molar-refractivity contribution in [2.75, 3.05) is 25.0 Å². The summed E-state index contributed by atoms with van der Waals surface area (Å²) >= 11 is 0. The van der Waals surface area contributed by atoms with E-state index in [0.29, 0.717) is 37.7 Å². The molecule has 2 aromatic rings. The van der Waals surface area contributed by atoms with Gasteiger partial charge in [-0.25, -0.2) is 4.39 Å². The number of hydrogen-bond acceptors (Lipinski definition) is 5. The third-order valence-corrected chi connectivity index (χ3v) is 4.35. The van der Waals surface area contributed by atoms with Gasteiger partial charge in [0.25, 0.3) is 0 Å². The molecule has 3 rings (SSSR count). The third kappa shape index (κ3) is 4.24. The number of morpholine rings is 1. The molecule has 6 nitrogen and oxygen atoms in total. The molecule has 1 N–H and O–H groups in total. The Balaban J connectivity index is 1.67. The lowest BCUT2D eigenvalue weighted by Crippen LogP contribution is -2.49. The standard InChI is InChI=1S/C18H22FN3O3/c1-3-15(18(23)20-17-10-12(2)25-21-17)22-8-9-24-16(11-22)13-4-6-14(19)7-5-13/h4-7,10,15-16H,3,8-9,11H2,1-2H3,(H,20,21,23). The summed E-state index contributed by atoms with van der Waals surface area (Å²) in [5.41, 5.74) is 0.911. The highest BCUT2D eigenvalue weighted by molar-refractivity contribution is 5.94. The summed E-state index contributed by atoms with van der Waals surface area (Å²) in [7, 11) is 0. The summed E-state index contributed by atoms with van der Waals surface area (Å²) in [6.45, 7) is 5.52. The van der Waals surface area contributed by atoms with Gasteiger partial charge in [-0.05, 0) is 31.0 Å². The largest absolute Gasteiger partial charge is 0.371 e. The Kier molecular flexibility index (Phi) is 5.45. The highest BCUT2D eigenvalue weighted by Gasteiger charge is 2.30. The number of carbonyl (C=O) groups is 1. The molecule has 1 aliphatic heterocycles. The molecule has 134 valence electrons. The number of benzene rings is 1. The molecule has 25 heavy (non-hydrogen) atoms. The maximum Gasteiger partial charge on any atom is 0.242 e. The van der Waals surface area contributed by atoms with Gasteiger partial charge in [0.05, 0.1) is 18.8 Å². The zero-order chi connectivity index (χ0) is 17.8. The maximum absolute atomic E-state index is 13.1. The summed E-state index contributed by atoms with van der Waals surface area (Å²) in [5, 5.41) is 6.60. The maximum atomic E-state index is 13.1. The summed E-state index contributed by atoms with van der Waals surface area (Å²) in [6.07, 6.45) is 0.490. The molecule has 1 amide bonds. The second-order valence-corrected chi connectivity index (χ2v) is 6.14. The Morgan fingerprint density at radius 3 is 2.84 bits per heavy atom. The molecule has 1 saturated heterocycles. The smallest absolute Gasteiger partial charge is 0.242 e. The van der Waals surface area contributed by atoms with E-state index in [1.165, 1.54) is 12.1 Å². The number of nitrogens with zero attached hydrogens (tertiary/aromatic N) is 2. The van der Waals surface area contributed by atoms with E-state index in [0.717, 1.165) is 5.56 Å². The Hall–Kier alpha value is -2.25. The number of hydrogen-bond donors (Lipinski definition) is 1. The zero-order valence-electron chi connectivity index (χ0n) is 14.4. The monoisotopic (exact) mass is 347 g/mol. The van der Waals surface area contributed by atoms with Crippen LogP contribution in [0.3, 0.4) is 0 Å². The van der Waals surface area contributed by atoms with Crippen LogP contribution in [0.1, 0.15) is 30.8 Å². The summed E-state index contributed by atoms with van der Waals surface area (Å²) in [4.78, 5) is 14.7. The molecule has 0 radical (unpaired) electrons. The van der Waals surface area contributed by atoms with Crippen molar-refractivity contribution >= 4 is 11.7 Å². The van der Waals surface area contributed by atoms with Crippen LogP contribution in [0.15, 0.2) is 34.9 Å². The molecule has 1 aliphatic rings. The average Bonchev–Trinajstić information content (AvgIpc) is 3.01. The van der Waals surface area contributed by atoms with E-state index in [1.807, 2.05) is 6.92 Å². The molecule has 0 bridgehead atoms. The van der Waals surface area contributed by atoms with Gasteiger partial charge in [0.15, 0.2) is 5.82 Å². The Morgan fingerprint density at radius 2 is 2.20 bits per heavy atom. The molecule has 0 saturated carbocycles. The SMILES string of the molecule is CCC(C(=O)Nc1cc(C)on1)N1CCOC(c2ccc(F)cc2)C1. The van der Waals surface area contributed by atoms with Crippen molar-refractivity contribution in [2.45, 2.75) is 32.4 Å². The lowest BCUT2D eigenvalue weighted by molar-refractivity contribution is -0.125. The van der Waals surface area contributed by atoms with Crippen LogP contribution in [0.4, 0.5) is 10.2 Å². The van der Waals surface area contributed by atoms with Gasteiger partial charge in [0.1, 0.15) is 11.6 Å². The van der Waals surface area contributed by atoms with Crippen molar-refractivity contribution in [3.05, 3.63) is 47.5 Å². The van der Waals surface area contributed by atoms with Gasteiger partial charge in [-0.15, -0.1) is 0 Å². The van der Waals surface area contributed by atoms with Crippen molar-refractivity contribution in [1.29, 1.82) is 0 Å². The third-order valence-electron chi connectivity index (χ3n) is 4.35. The number of carbonyl (C=O) groups excluding carboxylic acids is 1. The first-order valence-electron chi connectivity index (χ1n) is 8.42. The number of halogens is 1. The Morgan fingerprint density at radius 1 is 1.44 bits per heavy atom. The van der Waals surface area contributed by atoms with Crippen LogP contribution in [0.2, 0.25) is 0 Å². The van der Waals surface area contributed by atoms with Gasteiger partial charge >= 0.3 is 0 Å². The van der Waals surface area contributed by atoms with E-state index >= 15 is 0 Å². The summed E-state index contributed by atoms with van der Waals surface area (Å²) < 4.78 is 23.9. The van der Waals surface area contributed by atoms with Crippen molar-refractivity contribution in [1.82, 2.24) is 10.1 Å². The molecule has 2 atom stereocenters. The number of amides is 1. The number of aryl methyl sites for hydroxylation is 1. The van der Waals surface area contributed by atoms with Gasteiger partial charge < -0.3 is 14.6 Å². The molecule has 0 aliphatic carbocycles. The molecule has 2 unspecified atom stereocenters. The first-order chi connectivity index (χ1) is 12.1. The molecule has 7 heteroatoms. The zero-order valence-corrected chi connectivity index (χ0v) is 14.4. The number of ether oxygens (including phenoxy) is 1. The van der Waals surface area contributed by atoms with Crippen molar-refractivity contribution < 1.29 is 18.4 Å². The van der Waals surface area contributed by atoms with E-state index in [-0.39, 0.29) is 23.9 Å². The highest BCUT2D eigenvalue weighted by Crippen LogP contribution is 2.24. The minimum absolute atomic E-state index is 0.115. The Bertz CT molecular complexity index is 717. The molecule has 0 spiro atoms. The first kappa shape index (κ1) is 17.6. The molecule has 1 fully saturated rings. The van der Waals surface area contributed by atoms with E-state index < -0.39 is 0 Å². The highest BCUT2D eigenvalue weighted by atomic mass is 19.1. The molecular formula is C18H22FN3O3. The van der Waals surface area contributed by atoms with Gasteiger partial charge in [-0.3, -0.25) is 9.69 Å². The topological polar surface area (TPSA) is 67.6 Å². The fourth-order valence-corrected chi connectivity index (χ4v) is 3.08. The predicted octanol–water partition coefficient (Wildman–Crippen LogP) is 2.91. The van der Waals surface area contributed by atoms with Crippen LogP contribution in [-0.4, -0.2) is 41.7 Å². The van der Waals surface area contributed by atoms with Gasteiger partial charge in [-0.1, -0.05) is 24.2 Å².